The minimum absolute atomic E-state index is 0.152. The predicted molar refractivity (Wildman–Crippen MR) is 84.1 cm³/mol. The second-order valence-electron chi connectivity index (χ2n) is 5.28. The lowest BCUT2D eigenvalue weighted by molar-refractivity contribution is 0.0955. The molecule has 1 amide bonds. The topological polar surface area (TPSA) is 79.9 Å². The lowest BCUT2D eigenvalue weighted by Gasteiger charge is -2.12. The summed E-state index contributed by atoms with van der Waals surface area (Å²) in [4.78, 5) is 16.3. The Morgan fingerprint density at radius 1 is 1.17 bits per heavy atom. The van der Waals surface area contributed by atoms with E-state index in [0.29, 0.717) is 5.69 Å². The van der Waals surface area contributed by atoms with Gasteiger partial charge in [0.15, 0.2) is 0 Å². The van der Waals surface area contributed by atoms with E-state index in [1.165, 1.54) is 0 Å². The zero-order valence-corrected chi connectivity index (χ0v) is 12.4. The van der Waals surface area contributed by atoms with Crippen LogP contribution >= 0.6 is 0 Å². The molecule has 4 rings (SSSR count). The molecular weight excluding hydrogens is 292 g/mol. The molecule has 2 N–H and O–H groups in total. The third-order valence-electron chi connectivity index (χ3n) is 3.98. The number of methoxy groups -OCH3 is 1. The minimum atomic E-state index is -0.248. The maximum Gasteiger partial charge on any atom is 0.270 e. The monoisotopic (exact) mass is 306 g/mol. The number of nitrogens with zero attached hydrogens (tertiary/aromatic N) is 2. The van der Waals surface area contributed by atoms with Crippen molar-refractivity contribution in [1.29, 1.82) is 0 Å². The number of carbonyl (C=O) groups excluding carboxylic acids is 1. The number of amides is 1. The number of ether oxygens (including phenoxy) is 1. The van der Waals surface area contributed by atoms with Gasteiger partial charge in [-0.15, -0.1) is 0 Å². The molecule has 0 fully saturated rings. The lowest BCUT2D eigenvalue weighted by Crippen LogP contribution is -2.21. The van der Waals surface area contributed by atoms with E-state index in [4.69, 9.17) is 4.74 Å². The van der Waals surface area contributed by atoms with E-state index in [1.807, 2.05) is 36.4 Å². The zero-order chi connectivity index (χ0) is 15.8. The van der Waals surface area contributed by atoms with Crippen LogP contribution in [0.3, 0.4) is 0 Å². The highest BCUT2D eigenvalue weighted by atomic mass is 16.5. The number of pyridine rings is 1. The molecule has 6 nitrogen and oxygen atoms in total. The Kier molecular flexibility index (Phi) is 3.08. The highest BCUT2D eigenvalue weighted by Crippen LogP contribution is 2.36. The molecule has 3 aromatic rings. The Morgan fingerprint density at radius 3 is 2.70 bits per heavy atom. The van der Waals surface area contributed by atoms with E-state index in [1.54, 1.807) is 19.5 Å². The molecule has 0 spiro atoms. The van der Waals surface area contributed by atoms with Crippen LogP contribution in [0, 0.1) is 0 Å². The third kappa shape index (κ3) is 2.15. The fourth-order valence-electron chi connectivity index (χ4n) is 2.85. The van der Waals surface area contributed by atoms with Gasteiger partial charge in [0.05, 0.1) is 18.8 Å². The van der Waals surface area contributed by atoms with Crippen LogP contribution in [0.25, 0.3) is 11.3 Å². The molecule has 114 valence electrons. The van der Waals surface area contributed by atoms with E-state index in [9.17, 15) is 4.79 Å². The number of rotatable bonds is 3. The van der Waals surface area contributed by atoms with E-state index in [0.717, 1.165) is 28.1 Å². The number of aromatic amines is 1. The Labute approximate surface area is 132 Å². The number of hydrogen-bond acceptors (Lipinski definition) is 4. The Morgan fingerprint density at radius 2 is 2.00 bits per heavy atom. The smallest absolute Gasteiger partial charge is 0.270 e. The van der Waals surface area contributed by atoms with Crippen LogP contribution in [-0.2, 0) is 0 Å². The molecule has 0 saturated heterocycles. The summed E-state index contributed by atoms with van der Waals surface area (Å²) < 4.78 is 5.18. The minimum Gasteiger partial charge on any atom is -0.497 e. The summed E-state index contributed by atoms with van der Waals surface area (Å²) in [6.07, 6.45) is 3.46. The molecule has 2 aromatic heterocycles. The number of hydrogen-bond donors (Lipinski definition) is 2. The van der Waals surface area contributed by atoms with Gasteiger partial charge in [0.1, 0.15) is 11.4 Å². The maximum absolute atomic E-state index is 12.2. The van der Waals surface area contributed by atoms with Gasteiger partial charge in [0.2, 0.25) is 0 Å². The van der Waals surface area contributed by atoms with Gasteiger partial charge in [0.25, 0.3) is 5.91 Å². The highest BCUT2D eigenvalue weighted by molar-refractivity contribution is 6.00. The number of fused-ring (bicyclic) bond motifs is 1. The van der Waals surface area contributed by atoms with Gasteiger partial charge in [-0.1, -0.05) is 6.07 Å². The third-order valence-corrected chi connectivity index (χ3v) is 3.98. The standard InChI is InChI=1S/C17H14N4O2/c1-23-12-6-4-10(5-7-12)15-13-14(11-3-2-8-18-9-11)19-17(22)16(13)21-20-15/h2-9,14H,1H3,(H,19,22)(H,20,21)/t14-/m0/s1. The molecule has 0 radical (unpaired) electrons. The summed E-state index contributed by atoms with van der Waals surface area (Å²) in [5.41, 5.74) is 3.97. The molecule has 1 aliphatic rings. The van der Waals surface area contributed by atoms with Gasteiger partial charge < -0.3 is 10.1 Å². The first kappa shape index (κ1) is 13.5. The molecule has 0 bridgehead atoms. The summed E-state index contributed by atoms with van der Waals surface area (Å²) in [6.45, 7) is 0. The summed E-state index contributed by atoms with van der Waals surface area (Å²) >= 11 is 0. The van der Waals surface area contributed by atoms with Crippen molar-refractivity contribution < 1.29 is 9.53 Å². The number of benzene rings is 1. The molecule has 1 aliphatic heterocycles. The van der Waals surface area contributed by atoms with Gasteiger partial charge in [-0.05, 0) is 35.9 Å². The summed E-state index contributed by atoms with van der Waals surface area (Å²) in [5, 5.41) is 10.2. The van der Waals surface area contributed by atoms with Crippen molar-refractivity contribution in [3.8, 4) is 17.0 Å². The number of carbonyl (C=O) groups is 1. The SMILES string of the molecule is COc1ccc(-c2n[nH]c3c2[C@H](c2cccnc2)NC3=O)cc1. The van der Waals surface area contributed by atoms with Crippen LogP contribution in [-0.4, -0.2) is 28.2 Å². The van der Waals surface area contributed by atoms with Gasteiger partial charge in [0, 0.05) is 23.5 Å². The summed E-state index contributed by atoms with van der Waals surface area (Å²) in [7, 11) is 1.63. The van der Waals surface area contributed by atoms with Gasteiger partial charge in [-0.25, -0.2) is 0 Å². The first-order valence-electron chi connectivity index (χ1n) is 7.21. The average Bonchev–Trinajstić information content (AvgIpc) is 3.17. The molecule has 1 aromatic carbocycles. The van der Waals surface area contributed by atoms with E-state index in [2.05, 4.69) is 20.5 Å². The second-order valence-corrected chi connectivity index (χ2v) is 5.28. The first-order chi connectivity index (χ1) is 11.3. The average molecular weight is 306 g/mol. The van der Waals surface area contributed by atoms with Crippen LogP contribution in [0.4, 0.5) is 0 Å². The van der Waals surface area contributed by atoms with Crippen molar-refractivity contribution in [1.82, 2.24) is 20.5 Å². The summed E-state index contributed by atoms with van der Waals surface area (Å²) in [6, 6.07) is 11.2. The molecular formula is C17H14N4O2. The van der Waals surface area contributed by atoms with Crippen LogP contribution in [0.5, 0.6) is 5.75 Å². The lowest BCUT2D eigenvalue weighted by atomic mass is 9.98. The number of aromatic nitrogens is 3. The number of H-pyrrole nitrogens is 1. The van der Waals surface area contributed by atoms with Crippen LogP contribution < -0.4 is 10.1 Å². The van der Waals surface area contributed by atoms with Gasteiger partial charge >= 0.3 is 0 Å². The molecule has 23 heavy (non-hydrogen) atoms. The molecule has 3 heterocycles. The van der Waals surface area contributed by atoms with E-state index >= 15 is 0 Å². The largest absolute Gasteiger partial charge is 0.497 e. The van der Waals surface area contributed by atoms with Crippen molar-refractivity contribution in [2.45, 2.75) is 6.04 Å². The van der Waals surface area contributed by atoms with Crippen molar-refractivity contribution in [3.05, 3.63) is 65.6 Å². The van der Waals surface area contributed by atoms with Crippen LogP contribution in [0.2, 0.25) is 0 Å². The van der Waals surface area contributed by atoms with E-state index in [-0.39, 0.29) is 11.9 Å². The Bertz CT molecular complexity index is 856. The predicted octanol–water partition coefficient (Wildman–Crippen LogP) is 2.31. The fraction of sp³-hybridized carbons (Fsp3) is 0.118. The van der Waals surface area contributed by atoms with E-state index < -0.39 is 0 Å². The molecule has 6 heteroatoms. The molecule has 0 saturated carbocycles. The number of nitrogens with one attached hydrogen (secondary N) is 2. The molecule has 1 atom stereocenters. The van der Waals surface area contributed by atoms with Crippen molar-refractivity contribution in [2.24, 2.45) is 0 Å². The quantitative estimate of drug-likeness (QED) is 0.778. The second kappa shape index (κ2) is 5.24. The van der Waals surface area contributed by atoms with Crippen molar-refractivity contribution >= 4 is 5.91 Å². The van der Waals surface area contributed by atoms with Gasteiger partial charge in [-0.2, -0.15) is 5.10 Å². The Balaban J connectivity index is 1.82. The summed E-state index contributed by atoms with van der Waals surface area (Å²) in [5.74, 6) is 0.625. The van der Waals surface area contributed by atoms with Crippen LogP contribution in [0.1, 0.15) is 27.7 Å². The maximum atomic E-state index is 12.2. The fourth-order valence-corrected chi connectivity index (χ4v) is 2.85. The van der Waals surface area contributed by atoms with Gasteiger partial charge in [-0.3, -0.25) is 14.9 Å². The normalized spacial score (nSPS) is 16.0. The first-order valence-corrected chi connectivity index (χ1v) is 7.21. The zero-order valence-electron chi connectivity index (χ0n) is 12.4. The van der Waals surface area contributed by atoms with Crippen molar-refractivity contribution in [3.63, 3.8) is 0 Å². The highest BCUT2D eigenvalue weighted by Gasteiger charge is 2.35. The van der Waals surface area contributed by atoms with Crippen molar-refractivity contribution in [2.75, 3.05) is 7.11 Å². The van der Waals surface area contributed by atoms with Crippen LogP contribution in [0.15, 0.2) is 48.8 Å². The molecule has 0 unspecified atom stereocenters. The molecule has 0 aliphatic carbocycles. The Hall–Kier alpha value is -3.15.